The summed E-state index contributed by atoms with van der Waals surface area (Å²) in [5, 5.41) is 0.957. The highest BCUT2D eigenvalue weighted by molar-refractivity contribution is 7.18. The minimum absolute atomic E-state index is 0.270. The van der Waals surface area contributed by atoms with Crippen LogP contribution in [0.5, 0.6) is 0 Å². The Balaban J connectivity index is 1.69. The quantitative estimate of drug-likeness (QED) is 0.600. The molecule has 0 aliphatic carbocycles. The Kier molecular flexibility index (Phi) is 3.59. The average molecular weight is 334 g/mol. The number of hydrogen-bond donors (Lipinski definition) is 1. The second-order valence-electron chi connectivity index (χ2n) is 5.32. The van der Waals surface area contributed by atoms with Gasteiger partial charge in [0.05, 0.1) is 28.8 Å². The minimum atomic E-state index is 0.270. The van der Waals surface area contributed by atoms with Crippen molar-refractivity contribution in [2.24, 2.45) is 0 Å². The zero-order valence-corrected chi connectivity index (χ0v) is 13.7. The number of aromatic nitrogens is 3. The highest BCUT2D eigenvalue weighted by Crippen LogP contribution is 2.35. The lowest BCUT2D eigenvalue weighted by atomic mass is 10.1. The molecule has 0 radical (unpaired) electrons. The summed E-state index contributed by atoms with van der Waals surface area (Å²) in [6.07, 6.45) is 5.07. The molecule has 0 amide bonds. The molecule has 6 heteroatoms. The Hall–Kier alpha value is -2.99. The Morgan fingerprint density at radius 3 is 2.46 bits per heavy atom. The molecule has 0 unspecified atom stereocenters. The Labute approximate surface area is 142 Å². The number of rotatable bonds is 3. The van der Waals surface area contributed by atoms with E-state index in [0.717, 1.165) is 38.0 Å². The van der Waals surface area contributed by atoms with E-state index in [1.54, 1.807) is 30.1 Å². The summed E-state index contributed by atoms with van der Waals surface area (Å²) in [7, 11) is 0. The molecule has 0 fully saturated rings. The van der Waals surface area contributed by atoms with E-state index in [-0.39, 0.29) is 5.95 Å². The molecule has 0 bridgehead atoms. The zero-order chi connectivity index (χ0) is 16.5. The summed E-state index contributed by atoms with van der Waals surface area (Å²) in [4.78, 5) is 13.9. The number of anilines is 1. The molecule has 0 saturated heterocycles. The highest BCUT2D eigenvalue weighted by Gasteiger charge is 2.13. The van der Waals surface area contributed by atoms with Gasteiger partial charge in [0.25, 0.3) is 0 Å². The largest absolute Gasteiger partial charge is 0.472 e. The van der Waals surface area contributed by atoms with Crippen molar-refractivity contribution in [1.29, 1.82) is 0 Å². The molecule has 3 aromatic heterocycles. The Bertz CT molecular complexity index is 975. The molecule has 24 heavy (non-hydrogen) atoms. The van der Waals surface area contributed by atoms with Crippen molar-refractivity contribution in [2.75, 3.05) is 5.73 Å². The monoisotopic (exact) mass is 334 g/mol. The predicted molar refractivity (Wildman–Crippen MR) is 95.4 cm³/mol. The van der Waals surface area contributed by atoms with E-state index < -0.39 is 0 Å². The molecular formula is C18H14N4OS. The first-order chi connectivity index (χ1) is 11.7. The van der Waals surface area contributed by atoms with Crippen LogP contribution in [-0.2, 0) is 0 Å². The summed E-state index contributed by atoms with van der Waals surface area (Å²) < 4.78 is 5.13. The summed E-state index contributed by atoms with van der Waals surface area (Å²) in [5.74, 6) is 0.270. The molecule has 0 spiro atoms. The fourth-order valence-electron chi connectivity index (χ4n) is 2.49. The molecule has 4 rings (SSSR count). The van der Waals surface area contributed by atoms with E-state index in [2.05, 4.69) is 39.2 Å². The van der Waals surface area contributed by atoms with Gasteiger partial charge < -0.3 is 10.2 Å². The molecule has 5 nitrogen and oxygen atoms in total. The zero-order valence-electron chi connectivity index (χ0n) is 12.9. The normalized spacial score (nSPS) is 10.9. The van der Waals surface area contributed by atoms with Gasteiger partial charge in [-0.1, -0.05) is 24.3 Å². The molecule has 0 aliphatic rings. The molecule has 0 aliphatic heterocycles. The highest BCUT2D eigenvalue weighted by atomic mass is 32.1. The number of nitrogens with zero attached hydrogens (tertiary/aromatic N) is 3. The molecule has 3 heterocycles. The fourth-order valence-corrected chi connectivity index (χ4v) is 3.53. The van der Waals surface area contributed by atoms with Crippen molar-refractivity contribution in [2.45, 2.75) is 6.92 Å². The van der Waals surface area contributed by atoms with Crippen molar-refractivity contribution < 1.29 is 4.42 Å². The van der Waals surface area contributed by atoms with Crippen molar-refractivity contribution in [3.8, 4) is 32.3 Å². The average Bonchev–Trinajstić information content (AvgIpc) is 3.25. The maximum atomic E-state index is 5.68. The van der Waals surface area contributed by atoms with Crippen LogP contribution in [0.2, 0.25) is 0 Å². The van der Waals surface area contributed by atoms with Gasteiger partial charge in [-0.05, 0) is 24.6 Å². The van der Waals surface area contributed by atoms with Crippen LogP contribution in [0.15, 0.2) is 59.5 Å². The van der Waals surface area contributed by atoms with E-state index in [1.165, 1.54) is 0 Å². The van der Waals surface area contributed by atoms with Gasteiger partial charge in [0, 0.05) is 17.3 Å². The summed E-state index contributed by atoms with van der Waals surface area (Å²) in [6, 6.07) is 12.1. The van der Waals surface area contributed by atoms with Gasteiger partial charge >= 0.3 is 0 Å². The topological polar surface area (TPSA) is 77.8 Å². The van der Waals surface area contributed by atoms with Crippen LogP contribution in [0.25, 0.3) is 32.3 Å². The minimum Gasteiger partial charge on any atom is -0.472 e. The molecule has 1 aromatic carbocycles. The van der Waals surface area contributed by atoms with Gasteiger partial charge in [-0.15, -0.1) is 11.3 Å². The van der Waals surface area contributed by atoms with E-state index in [4.69, 9.17) is 10.2 Å². The van der Waals surface area contributed by atoms with E-state index in [0.29, 0.717) is 0 Å². The van der Waals surface area contributed by atoms with Gasteiger partial charge in [-0.2, -0.15) is 0 Å². The summed E-state index contributed by atoms with van der Waals surface area (Å²) in [6.45, 7) is 1.98. The number of hydrogen-bond acceptors (Lipinski definition) is 6. The van der Waals surface area contributed by atoms with E-state index in [1.807, 2.05) is 19.1 Å². The molecule has 4 aromatic rings. The summed E-state index contributed by atoms with van der Waals surface area (Å²) in [5.41, 5.74) is 10.7. The summed E-state index contributed by atoms with van der Waals surface area (Å²) >= 11 is 1.60. The molecular weight excluding hydrogens is 320 g/mol. The van der Waals surface area contributed by atoms with Gasteiger partial charge in [0.1, 0.15) is 5.01 Å². The molecule has 0 atom stereocenters. The maximum Gasteiger partial charge on any atom is 0.220 e. The number of aryl methyl sites for hydroxylation is 1. The predicted octanol–water partition coefficient (Wildman–Crippen LogP) is 4.42. The third-order valence-electron chi connectivity index (χ3n) is 3.69. The number of nitrogen functional groups attached to an aromatic ring is 1. The van der Waals surface area contributed by atoms with Gasteiger partial charge in [-0.3, -0.25) is 0 Å². The SMILES string of the molecule is Cc1nc(-c2ccc(-c3ccoc3)cc2)sc1-c1ccnc(N)n1. The van der Waals surface area contributed by atoms with Crippen molar-refractivity contribution in [1.82, 2.24) is 15.0 Å². The van der Waals surface area contributed by atoms with Crippen LogP contribution in [0.4, 0.5) is 5.95 Å². The van der Waals surface area contributed by atoms with E-state index >= 15 is 0 Å². The third kappa shape index (κ3) is 2.68. The lowest BCUT2D eigenvalue weighted by Crippen LogP contribution is -1.94. The number of nitrogens with two attached hydrogens (primary N) is 1. The number of furan rings is 1. The third-order valence-corrected chi connectivity index (χ3v) is 4.92. The van der Waals surface area contributed by atoms with Crippen molar-refractivity contribution in [3.05, 3.63) is 60.8 Å². The maximum absolute atomic E-state index is 5.68. The van der Waals surface area contributed by atoms with Crippen molar-refractivity contribution >= 4 is 17.3 Å². The first-order valence-corrected chi connectivity index (χ1v) is 8.22. The van der Waals surface area contributed by atoms with Crippen LogP contribution >= 0.6 is 11.3 Å². The van der Waals surface area contributed by atoms with Gasteiger partial charge in [0.2, 0.25) is 5.95 Å². The first kappa shape index (κ1) is 14.6. The first-order valence-electron chi connectivity index (χ1n) is 7.40. The van der Waals surface area contributed by atoms with Crippen molar-refractivity contribution in [3.63, 3.8) is 0 Å². The number of thiazole rings is 1. The molecule has 118 valence electrons. The van der Waals surface area contributed by atoms with Crippen LogP contribution in [-0.4, -0.2) is 15.0 Å². The standard InChI is InChI=1S/C18H14N4OS/c1-11-16(15-6-8-20-18(19)22-15)24-17(21-11)13-4-2-12(3-5-13)14-7-9-23-10-14/h2-10H,1H3,(H2,19,20,22). The molecule has 2 N–H and O–H groups in total. The Morgan fingerprint density at radius 1 is 0.958 bits per heavy atom. The van der Waals surface area contributed by atoms with Crippen LogP contribution in [0.1, 0.15) is 5.69 Å². The van der Waals surface area contributed by atoms with Crippen LogP contribution in [0.3, 0.4) is 0 Å². The van der Waals surface area contributed by atoms with Crippen LogP contribution < -0.4 is 5.73 Å². The van der Waals surface area contributed by atoms with Crippen LogP contribution in [0, 0.1) is 6.92 Å². The lowest BCUT2D eigenvalue weighted by Gasteiger charge is -1.99. The fraction of sp³-hybridized carbons (Fsp3) is 0.0556. The second kappa shape index (κ2) is 5.90. The van der Waals surface area contributed by atoms with E-state index in [9.17, 15) is 0 Å². The molecule has 0 saturated carbocycles. The second-order valence-corrected chi connectivity index (χ2v) is 6.32. The van der Waals surface area contributed by atoms with Gasteiger partial charge in [-0.25, -0.2) is 15.0 Å². The number of benzene rings is 1. The lowest BCUT2D eigenvalue weighted by molar-refractivity contribution is 0.568. The Morgan fingerprint density at radius 2 is 1.75 bits per heavy atom. The smallest absolute Gasteiger partial charge is 0.220 e. The van der Waals surface area contributed by atoms with Gasteiger partial charge in [0.15, 0.2) is 0 Å².